The minimum absolute atomic E-state index is 0.278. The van der Waals surface area contributed by atoms with E-state index in [1.54, 1.807) is 6.07 Å². The Bertz CT molecular complexity index is 324. The van der Waals surface area contributed by atoms with Gasteiger partial charge in [0.15, 0.2) is 0 Å². The van der Waals surface area contributed by atoms with E-state index >= 15 is 0 Å². The molecule has 1 saturated heterocycles. The van der Waals surface area contributed by atoms with Crippen LogP contribution in [0.1, 0.15) is 19.3 Å². The highest BCUT2D eigenvalue weighted by Crippen LogP contribution is 2.23. The van der Waals surface area contributed by atoms with Crippen LogP contribution in [-0.4, -0.2) is 24.6 Å². The first-order valence-corrected chi connectivity index (χ1v) is 5.86. The maximum Gasteiger partial charge on any atom is 0.141 e. The smallest absolute Gasteiger partial charge is 0.141 e. The van der Waals surface area contributed by atoms with Crippen molar-refractivity contribution in [3.63, 3.8) is 0 Å². The van der Waals surface area contributed by atoms with E-state index in [1.165, 1.54) is 25.1 Å². The molecule has 16 heavy (non-hydrogen) atoms. The number of hydrogen-bond donors (Lipinski definition) is 1. The van der Waals surface area contributed by atoms with Gasteiger partial charge in [0.25, 0.3) is 0 Å². The summed E-state index contributed by atoms with van der Waals surface area (Å²) >= 11 is 0. The molecule has 3 nitrogen and oxygen atoms in total. The molecule has 2 rings (SSSR count). The first-order chi connectivity index (χ1) is 7.79. The van der Waals surface area contributed by atoms with E-state index in [2.05, 4.69) is 9.88 Å². The maximum absolute atomic E-state index is 12.8. The molecule has 0 spiro atoms. The largest absolute Gasteiger partial charge is 0.356 e. The average Bonchev–Trinajstić information content (AvgIpc) is 2.31. The van der Waals surface area contributed by atoms with Gasteiger partial charge in [-0.25, -0.2) is 9.37 Å². The molecule has 1 unspecified atom stereocenters. The lowest BCUT2D eigenvalue weighted by Crippen LogP contribution is -2.36. The van der Waals surface area contributed by atoms with Crippen molar-refractivity contribution < 1.29 is 4.39 Å². The molecule has 2 heterocycles. The minimum Gasteiger partial charge on any atom is -0.356 e. The van der Waals surface area contributed by atoms with Crippen LogP contribution in [0.3, 0.4) is 0 Å². The van der Waals surface area contributed by atoms with Gasteiger partial charge in [0.2, 0.25) is 0 Å². The number of pyridine rings is 1. The number of aromatic nitrogens is 1. The van der Waals surface area contributed by atoms with Crippen molar-refractivity contribution in [1.82, 2.24) is 4.98 Å². The first-order valence-electron chi connectivity index (χ1n) is 5.86. The molecule has 0 aromatic carbocycles. The molecular weight excluding hydrogens is 205 g/mol. The Labute approximate surface area is 95.5 Å². The Morgan fingerprint density at radius 1 is 1.50 bits per heavy atom. The fourth-order valence-electron chi connectivity index (χ4n) is 2.30. The van der Waals surface area contributed by atoms with E-state index in [-0.39, 0.29) is 5.82 Å². The molecule has 0 aliphatic carbocycles. The van der Waals surface area contributed by atoms with Crippen LogP contribution in [0.5, 0.6) is 0 Å². The van der Waals surface area contributed by atoms with Gasteiger partial charge < -0.3 is 10.6 Å². The van der Waals surface area contributed by atoms with Crippen molar-refractivity contribution >= 4 is 5.82 Å². The van der Waals surface area contributed by atoms with Gasteiger partial charge in [-0.15, -0.1) is 0 Å². The monoisotopic (exact) mass is 223 g/mol. The number of halogens is 1. The zero-order valence-electron chi connectivity index (χ0n) is 9.40. The highest BCUT2D eigenvalue weighted by atomic mass is 19.1. The van der Waals surface area contributed by atoms with Crippen LogP contribution in [0.4, 0.5) is 10.2 Å². The van der Waals surface area contributed by atoms with Gasteiger partial charge in [-0.05, 0) is 43.9 Å². The Morgan fingerprint density at radius 3 is 3.06 bits per heavy atom. The Morgan fingerprint density at radius 2 is 2.38 bits per heavy atom. The zero-order valence-corrected chi connectivity index (χ0v) is 9.40. The summed E-state index contributed by atoms with van der Waals surface area (Å²) in [5.41, 5.74) is 5.58. The quantitative estimate of drug-likeness (QED) is 0.849. The molecule has 88 valence electrons. The summed E-state index contributed by atoms with van der Waals surface area (Å²) in [4.78, 5) is 6.34. The van der Waals surface area contributed by atoms with Crippen molar-refractivity contribution in [2.75, 3.05) is 24.5 Å². The van der Waals surface area contributed by atoms with Crippen molar-refractivity contribution in [2.45, 2.75) is 19.3 Å². The molecule has 1 fully saturated rings. The fraction of sp³-hybridized carbons (Fsp3) is 0.583. The molecule has 0 bridgehead atoms. The van der Waals surface area contributed by atoms with Crippen molar-refractivity contribution in [1.29, 1.82) is 0 Å². The number of rotatable bonds is 3. The third kappa shape index (κ3) is 2.70. The standard InChI is InChI=1S/C12H18FN3/c13-11-3-4-12(15-8-11)16-7-1-2-10(9-16)5-6-14/h3-4,8,10H,1-2,5-7,9,14H2. The molecule has 4 heteroatoms. The Balaban J connectivity index is 2.01. The van der Waals surface area contributed by atoms with Gasteiger partial charge >= 0.3 is 0 Å². The summed E-state index contributed by atoms with van der Waals surface area (Å²) in [5.74, 6) is 1.26. The number of piperidine rings is 1. The third-order valence-electron chi connectivity index (χ3n) is 3.13. The summed E-state index contributed by atoms with van der Waals surface area (Å²) in [5, 5.41) is 0. The number of hydrogen-bond acceptors (Lipinski definition) is 3. The topological polar surface area (TPSA) is 42.1 Å². The summed E-state index contributed by atoms with van der Waals surface area (Å²) in [6.07, 6.45) is 4.76. The van der Waals surface area contributed by atoms with Crippen LogP contribution >= 0.6 is 0 Å². The normalized spacial score (nSPS) is 21.1. The van der Waals surface area contributed by atoms with Gasteiger partial charge in [-0.1, -0.05) is 0 Å². The van der Waals surface area contributed by atoms with Crippen LogP contribution < -0.4 is 10.6 Å². The highest BCUT2D eigenvalue weighted by Gasteiger charge is 2.20. The summed E-state index contributed by atoms with van der Waals surface area (Å²) in [6, 6.07) is 3.22. The predicted molar refractivity (Wildman–Crippen MR) is 62.8 cm³/mol. The van der Waals surface area contributed by atoms with Crippen LogP contribution in [-0.2, 0) is 0 Å². The van der Waals surface area contributed by atoms with Crippen molar-refractivity contribution in [2.24, 2.45) is 11.7 Å². The average molecular weight is 223 g/mol. The molecule has 1 atom stereocenters. The van der Waals surface area contributed by atoms with Gasteiger partial charge in [0, 0.05) is 13.1 Å². The predicted octanol–water partition coefficient (Wildman–Crippen LogP) is 1.79. The summed E-state index contributed by atoms with van der Waals surface area (Å²) in [7, 11) is 0. The fourth-order valence-corrected chi connectivity index (χ4v) is 2.30. The van der Waals surface area contributed by atoms with Crippen LogP contribution in [0.25, 0.3) is 0 Å². The second-order valence-electron chi connectivity index (χ2n) is 4.37. The van der Waals surface area contributed by atoms with Crippen molar-refractivity contribution in [3.05, 3.63) is 24.1 Å². The Hall–Kier alpha value is -1.16. The first kappa shape index (κ1) is 11.3. The second kappa shape index (κ2) is 5.25. The molecule has 1 aromatic heterocycles. The molecule has 1 aliphatic rings. The molecule has 0 saturated carbocycles. The molecule has 0 radical (unpaired) electrons. The molecule has 0 amide bonds. The SMILES string of the molecule is NCCC1CCCN(c2ccc(F)cn2)C1. The molecular formula is C12H18FN3. The van der Waals surface area contributed by atoms with Gasteiger partial charge in [-0.3, -0.25) is 0 Å². The lowest BCUT2D eigenvalue weighted by Gasteiger charge is -2.33. The number of nitrogens with two attached hydrogens (primary N) is 1. The van der Waals surface area contributed by atoms with E-state index in [9.17, 15) is 4.39 Å². The van der Waals surface area contributed by atoms with E-state index in [1.807, 2.05) is 0 Å². The van der Waals surface area contributed by atoms with E-state index in [0.29, 0.717) is 5.92 Å². The van der Waals surface area contributed by atoms with Crippen molar-refractivity contribution in [3.8, 4) is 0 Å². The van der Waals surface area contributed by atoms with Gasteiger partial charge in [0.1, 0.15) is 11.6 Å². The molecule has 2 N–H and O–H groups in total. The summed E-state index contributed by atoms with van der Waals surface area (Å²) < 4.78 is 12.8. The van der Waals surface area contributed by atoms with Crippen LogP contribution in [0, 0.1) is 11.7 Å². The Kier molecular flexibility index (Phi) is 3.72. The molecule has 1 aromatic rings. The van der Waals surface area contributed by atoms with E-state index < -0.39 is 0 Å². The molecule has 1 aliphatic heterocycles. The van der Waals surface area contributed by atoms with Gasteiger partial charge in [0.05, 0.1) is 6.20 Å². The zero-order chi connectivity index (χ0) is 11.4. The van der Waals surface area contributed by atoms with Crippen LogP contribution in [0.2, 0.25) is 0 Å². The third-order valence-corrected chi connectivity index (χ3v) is 3.13. The number of anilines is 1. The second-order valence-corrected chi connectivity index (χ2v) is 4.37. The highest BCUT2D eigenvalue weighted by molar-refractivity contribution is 5.38. The lowest BCUT2D eigenvalue weighted by molar-refractivity contribution is 0.394. The summed E-state index contributed by atoms with van der Waals surface area (Å²) in [6.45, 7) is 2.75. The van der Waals surface area contributed by atoms with Gasteiger partial charge in [-0.2, -0.15) is 0 Å². The van der Waals surface area contributed by atoms with Crippen LogP contribution in [0.15, 0.2) is 18.3 Å². The lowest BCUT2D eigenvalue weighted by atomic mass is 9.95. The van der Waals surface area contributed by atoms with E-state index in [4.69, 9.17) is 5.73 Å². The minimum atomic E-state index is -0.278. The van der Waals surface area contributed by atoms with E-state index in [0.717, 1.165) is 31.9 Å². The maximum atomic E-state index is 12.8. The number of nitrogens with zero attached hydrogens (tertiary/aromatic N) is 2.